The summed E-state index contributed by atoms with van der Waals surface area (Å²) in [5.74, 6) is -0.332. The van der Waals surface area contributed by atoms with Gasteiger partial charge in [0, 0.05) is 16.2 Å². The molecule has 0 saturated carbocycles. The van der Waals surface area contributed by atoms with Gasteiger partial charge in [0.1, 0.15) is 0 Å². The molecule has 0 saturated heterocycles. The quantitative estimate of drug-likeness (QED) is 0.530. The number of nitrogens with one attached hydrogen (secondary N) is 1. The van der Waals surface area contributed by atoms with E-state index < -0.39 is 0 Å². The van der Waals surface area contributed by atoms with Crippen LogP contribution >= 0.6 is 39.1 Å². The van der Waals surface area contributed by atoms with Gasteiger partial charge in [-0.2, -0.15) is 10.2 Å². The first kappa shape index (κ1) is 20.9. The van der Waals surface area contributed by atoms with Crippen molar-refractivity contribution in [2.24, 2.45) is 5.92 Å². The van der Waals surface area contributed by atoms with E-state index >= 15 is 0 Å². The number of aryl methyl sites for hydroxylation is 1. The standard InChI is InChI=1S/C19H20BrCl2N5O/c1-11(8-26-10-15(20)7-23-26)19(28)24-18-12(2)25-27(13(18)3)9-14-4-5-16(21)6-17(14)22/h4-7,10-11H,8-9H2,1-3H3,(H,24,28). The Bertz CT molecular complexity index is 1010. The van der Waals surface area contributed by atoms with E-state index in [9.17, 15) is 4.79 Å². The van der Waals surface area contributed by atoms with E-state index in [0.29, 0.717) is 23.1 Å². The Morgan fingerprint density at radius 3 is 2.71 bits per heavy atom. The van der Waals surface area contributed by atoms with Crippen molar-refractivity contribution in [3.8, 4) is 0 Å². The molecule has 28 heavy (non-hydrogen) atoms. The molecule has 2 aromatic heterocycles. The van der Waals surface area contributed by atoms with E-state index in [2.05, 4.69) is 31.4 Å². The number of aromatic nitrogens is 4. The molecule has 1 N–H and O–H groups in total. The van der Waals surface area contributed by atoms with E-state index in [1.165, 1.54) is 0 Å². The van der Waals surface area contributed by atoms with Crippen LogP contribution in [-0.2, 0) is 17.9 Å². The van der Waals surface area contributed by atoms with Gasteiger partial charge in [0.05, 0.1) is 46.8 Å². The Balaban J connectivity index is 1.73. The zero-order valence-electron chi connectivity index (χ0n) is 15.7. The highest BCUT2D eigenvalue weighted by Gasteiger charge is 2.19. The molecule has 148 valence electrons. The minimum Gasteiger partial charge on any atom is -0.323 e. The summed E-state index contributed by atoms with van der Waals surface area (Å²) in [5, 5.41) is 12.9. The van der Waals surface area contributed by atoms with E-state index in [1.807, 2.05) is 37.7 Å². The predicted octanol–water partition coefficient (Wildman–Crippen LogP) is 5.09. The van der Waals surface area contributed by atoms with Gasteiger partial charge >= 0.3 is 0 Å². The van der Waals surface area contributed by atoms with Crippen LogP contribution in [0.1, 0.15) is 23.9 Å². The van der Waals surface area contributed by atoms with Crippen molar-refractivity contribution in [3.63, 3.8) is 0 Å². The second kappa shape index (κ2) is 8.68. The Labute approximate surface area is 182 Å². The topological polar surface area (TPSA) is 64.7 Å². The van der Waals surface area contributed by atoms with Gasteiger partial charge in [-0.1, -0.05) is 36.2 Å². The summed E-state index contributed by atoms with van der Waals surface area (Å²) in [6, 6.07) is 5.39. The maximum absolute atomic E-state index is 12.7. The Morgan fingerprint density at radius 2 is 2.07 bits per heavy atom. The number of rotatable bonds is 6. The predicted molar refractivity (Wildman–Crippen MR) is 115 cm³/mol. The molecular formula is C19H20BrCl2N5O. The summed E-state index contributed by atoms with van der Waals surface area (Å²) in [6.45, 7) is 6.65. The van der Waals surface area contributed by atoms with Gasteiger partial charge in [-0.25, -0.2) is 0 Å². The Kier molecular flexibility index (Phi) is 6.47. The van der Waals surface area contributed by atoms with Crippen LogP contribution in [-0.4, -0.2) is 25.5 Å². The van der Waals surface area contributed by atoms with Crippen molar-refractivity contribution in [1.29, 1.82) is 0 Å². The van der Waals surface area contributed by atoms with Gasteiger partial charge in [0.15, 0.2) is 0 Å². The normalized spacial score (nSPS) is 12.2. The van der Waals surface area contributed by atoms with Crippen molar-refractivity contribution < 1.29 is 4.79 Å². The molecule has 0 aliphatic heterocycles. The lowest BCUT2D eigenvalue weighted by atomic mass is 10.1. The molecule has 1 atom stereocenters. The third-order valence-corrected chi connectivity index (χ3v) is 5.47. The summed E-state index contributed by atoms with van der Waals surface area (Å²) >= 11 is 15.6. The number of carbonyl (C=O) groups excluding carboxylic acids is 1. The first-order chi connectivity index (χ1) is 13.2. The Hall–Kier alpha value is -1.83. The van der Waals surface area contributed by atoms with Crippen LogP contribution in [0, 0.1) is 19.8 Å². The lowest BCUT2D eigenvalue weighted by Gasteiger charge is -2.13. The lowest BCUT2D eigenvalue weighted by Crippen LogP contribution is -2.25. The van der Waals surface area contributed by atoms with Crippen LogP contribution in [0.2, 0.25) is 10.0 Å². The van der Waals surface area contributed by atoms with Crippen LogP contribution in [0.3, 0.4) is 0 Å². The van der Waals surface area contributed by atoms with Crippen molar-refractivity contribution in [1.82, 2.24) is 19.6 Å². The van der Waals surface area contributed by atoms with Gasteiger partial charge in [-0.05, 0) is 47.5 Å². The largest absolute Gasteiger partial charge is 0.323 e. The van der Waals surface area contributed by atoms with Gasteiger partial charge < -0.3 is 5.32 Å². The minimum absolute atomic E-state index is 0.0816. The zero-order chi connectivity index (χ0) is 20.4. The van der Waals surface area contributed by atoms with Crippen LogP contribution < -0.4 is 5.32 Å². The van der Waals surface area contributed by atoms with Gasteiger partial charge in [-0.3, -0.25) is 14.2 Å². The second-order valence-corrected chi connectivity index (χ2v) is 8.47. The SMILES string of the molecule is Cc1nn(Cc2ccc(Cl)cc2Cl)c(C)c1NC(=O)C(C)Cn1cc(Br)cn1. The third-order valence-electron chi connectivity index (χ3n) is 4.48. The fraction of sp³-hybridized carbons (Fsp3) is 0.316. The number of benzene rings is 1. The third kappa shape index (κ3) is 4.77. The maximum Gasteiger partial charge on any atom is 0.229 e. The molecule has 3 aromatic rings. The number of halogens is 3. The lowest BCUT2D eigenvalue weighted by molar-refractivity contribution is -0.119. The summed E-state index contributed by atoms with van der Waals surface area (Å²) in [6.07, 6.45) is 3.54. The summed E-state index contributed by atoms with van der Waals surface area (Å²) in [7, 11) is 0. The van der Waals surface area contributed by atoms with Crippen LogP contribution in [0.4, 0.5) is 5.69 Å². The van der Waals surface area contributed by atoms with Crippen LogP contribution in [0.5, 0.6) is 0 Å². The number of amides is 1. The molecule has 3 rings (SSSR count). The highest BCUT2D eigenvalue weighted by atomic mass is 79.9. The number of hydrogen-bond acceptors (Lipinski definition) is 3. The van der Waals surface area contributed by atoms with E-state index in [-0.39, 0.29) is 11.8 Å². The van der Waals surface area contributed by atoms with Crippen molar-refractivity contribution in [2.75, 3.05) is 5.32 Å². The highest BCUT2D eigenvalue weighted by molar-refractivity contribution is 9.10. The first-order valence-corrected chi connectivity index (χ1v) is 10.3. The van der Waals surface area contributed by atoms with E-state index in [0.717, 1.165) is 27.1 Å². The average molecular weight is 485 g/mol. The summed E-state index contributed by atoms with van der Waals surface area (Å²) in [5.41, 5.74) is 3.26. The van der Waals surface area contributed by atoms with Gasteiger partial charge in [0.25, 0.3) is 0 Å². The number of nitrogens with zero attached hydrogens (tertiary/aromatic N) is 4. The smallest absolute Gasteiger partial charge is 0.229 e. The van der Waals surface area contributed by atoms with Gasteiger partial charge in [-0.15, -0.1) is 0 Å². The molecule has 1 aromatic carbocycles. The maximum atomic E-state index is 12.7. The molecule has 9 heteroatoms. The molecule has 0 bridgehead atoms. The number of carbonyl (C=O) groups is 1. The number of hydrogen-bond donors (Lipinski definition) is 1. The Morgan fingerprint density at radius 1 is 1.32 bits per heavy atom. The zero-order valence-corrected chi connectivity index (χ0v) is 18.8. The molecule has 6 nitrogen and oxygen atoms in total. The molecule has 2 heterocycles. The molecule has 0 aliphatic carbocycles. The van der Waals surface area contributed by atoms with Crippen LogP contribution in [0.15, 0.2) is 35.1 Å². The first-order valence-electron chi connectivity index (χ1n) is 8.71. The van der Waals surface area contributed by atoms with Crippen molar-refractivity contribution in [2.45, 2.75) is 33.9 Å². The monoisotopic (exact) mass is 483 g/mol. The van der Waals surface area contributed by atoms with E-state index in [4.69, 9.17) is 23.2 Å². The molecule has 0 aliphatic rings. The molecule has 1 amide bonds. The summed E-state index contributed by atoms with van der Waals surface area (Å²) < 4.78 is 4.45. The van der Waals surface area contributed by atoms with E-state index in [1.54, 1.807) is 23.0 Å². The molecule has 1 unspecified atom stereocenters. The highest BCUT2D eigenvalue weighted by Crippen LogP contribution is 2.25. The fourth-order valence-corrected chi connectivity index (χ4v) is 3.69. The molecule has 0 radical (unpaired) electrons. The molecule has 0 spiro atoms. The minimum atomic E-state index is -0.250. The number of anilines is 1. The van der Waals surface area contributed by atoms with Crippen molar-refractivity contribution >= 4 is 50.7 Å². The molecule has 0 fully saturated rings. The summed E-state index contributed by atoms with van der Waals surface area (Å²) in [4.78, 5) is 12.7. The second-order valence-electron chi connectivity index (χ2n) is 6.71. The van der Waals surface area contributed by atoms with Crippen molar-refractivity contribution in [3.05, 3.63) is 62.1 Å². The molecular weight excluding hydrogens is 465 g/mol. The average Bonchev–Trinajstić information content (AvgIpc) is 3.15. The van der Waals surface area contributed by atoms with Gasteiger partial charge in [0.2, 0.25) is 5.91 Å². The fourth-order valence-electron chi connectivity index (χ4n) is 2.89. The van der Waals surface area contributed by atoms with Crippen LogP contribution in [0.25, 0.3) is 0 Å².